The summed E-state index contributed by atoms with van der Waals surface area (Å²) >= 11 is 0. The van der Waals surface area contributed by atoms with Crippen LogP contribution >= 0.6 is 0 Å². The summed E-state index contributed by atoms with van der Waals surface area (Å²) in [6.45, 7) is 3.88. The number of hydrazine groups is 1. The van der Waals surface area contributed by atoms with Crippen molar-refractivity contribution in [1.29, 1.82) is 0 Å². The van der Waals surface area contributed by atoms with Crippen molar-refractivity contribution in [1.82, 2.24) is 20.4 Å². The Morgan fingerprint density at radius 2 is 1.96 bits per heavy atom. The first-order chi connectivity index (χ1) is 11.0. The Labute approximate surface area is 130 Å². The second-order valence-electron chi connectivity index (χ2n) is 4.54. The van der Waals surface area contributed by atoms with E-state index < -0.39 is 23.1 Å². The lowest BCUT2D eigenvalue weighted by Gasteiger charge is -2.10. The van der Waals surface area contributed by atoms with E-state index in [0.717, 1.165) is 0 Å². The molecule has 0 bridgehead atoms. The second kappa shape index (κ2) is 6.77. The molecule has 3 N–H and O–H groups in total. The molecule has 23 heavy (non-hydrogen) atoms. The number of rotatable bonds is 3. The number of H-pyrrole nitrogens is 1. The van der Waals surface area contributed by atoms with Crippen molar-refractivity contribution in [3.63, 3.8) is 0 Å². The largest absolute Gasteiger partial charge is 0.449 e. The maximum atomic E-state index is 12.0. The van der Waals surface area contributed by atoms with Crippen LogP contribution in [0.2, 0.25) is 0 Å². The van der Waals surface area contributed by atoms with Gasteiger partial charge in [0.15, 0.2) is 0 Å². The zero-order valence-electron chi connectivity index (χ0n) is 12.6. The molecular weight excluding hydrogens is 304 g/mol. The minimum absolute atomic E-state index is 0.174. The Kier molecular flexibility index (Phi) is 4.79. The molecule has 1 aromatic heterocycles. The molecule has 122 valence electrons. The fourth-order valence-electron chi connectivity index (χ4n) is 2.08. The first-order valence-corrected chi connectivity index (χ1v) is 6.97. The zero-order valence-corrected chi connectivity index (χ0v) is 12.6. The number of aromatic amines is 1. The van der Waals surface area contributed by atoms with Gasteiger partial charge < -0.3 is 14.3 Å². The number of aromatic nitrogens is 2. The molecule has 0 saturated carbocycles. The van der Waals surface area contributed by atoms with Crippen LogP contribution in [0.25, 0.3) is 11.0 Å². The molecule has 2 rings (SSSR count). The third-order valence-corrected chi connectivity index (χ3v) is 3.11. The molecule has 1 aromatic carbocycles. The summed E-state index contributed by atoms with van der Waals surface area (Å²) in [5.74, 6) is -0.588. The average Bonchev–Trinajstić information content (AvgIpc) is 2.53. The van der Waals surface area contributed by atoms with Crippen molar-refractivity contribution in [3.8, 4) is 0 Å². The lowest BCUT2D eigenvalue weighted by atomic mass is 10.2. The molecular formula is C14H16N4O5. The second-order valence-corrected chi connectivity index (χ2v) is 4.54. The number of fused-ring (bicyclic) bond motifs is 1. The molecule has 0 aliphatic carbocycles. The van der Waals surface area contributed by atoms with Gasteiger partial charge in [0.1, 0.15) is 0 Å². The number of nitrogens with one attached hydrogen (secondary N) is 3. The van der Waals surface area contributed by atoms with E-state index in [4.69, 9.17) is 0 Å². The Bertz CT molecular complexity index is 868. The molecule has 0 saturated heterocycles. The van der Waals surface area contributed by atoms with Crippen LogP contribution in [-0.4, -0.2) is 28.2 Å². The summed E-state index contributed by atoms with van der Waals surface area (Å²) in [7, 11) is 0. The highest BCUT2D eigenvalue weighted by molar-refractivity contribution is 5.97. The molecule has 0 aliphatic rings. The van der Waals surface area contributed by atoms with E-state index in [0.29, 0.717) is 17.6 Å². The summed E-state index contributed by atoms with van der Waals surface area (Å²) in [5, 5.41) is 0. The van der Waals surface area contributed by atoms with Gasteiger partial charge >= 0.3 is 17.2 Å². The maximum Gasteiger partial charge on any atom is 0.426 e. The molecule has 0 fully saturated rings. The van der Waals surface area contributed by atoms with Crippen molar-refractivity contribution in [2.45, 2.75) is 20.4 Å². The predicted molar refractivity (Wildman–Crippen MR) is 82.1 cm³/mol. The zero-order chi connectivity index (χ0) is 17.0. The Morgan fingerprint density at radius 1 is 1.22 bits per heavy atom. The van der Waals surface area contributed by atoms with E-state index in [1.807, 2.05) is 0 Å². The maximum absolute atomic E-state index is 12.0. The first kappa shape index (κ1) is 16.3. The van der Waals surface area contributed by atoms with Crippen LogP contribution in [0.5, 0.6) is 0 Å². The average molecular weight is 320 g/mol. The van der Waals surface area contributed by atoms with Gasteiger partial charge in [-0.3, -0.25) is 19.8 Å². The van der Waals surface area contributed by atoms with Crippen LogP contribution in [0, 0.1) is 0 Å². The third-order valence-electron chi connectivity index (χ3n) is 3.11. The number of nitrogens with zero attached hydrogens (tertiary/aromatic N) is 1. The smallest absolute Gasteiger partial charge is 0.426 e. The van der Waals surface area contributed by atoms with Crippen molar-refractivity contribution < 1.29 is 14.3 Å². The number of ether oxygens (including phenoxy) is 1. The molecule has 2 aromatic rings. The Balaban J connectivity index is 2.32. The van der Waals surface area contributed by atoms with Crippen LogP contribution in [0.4, 0.5) is 4.79 Å². The fourth-order valence-corrected chi connectivity index (χ4v) is 2.08. The number of hydrogen-bond donors (Lipinski definition) is 3. The van der Waals surface area contributed by atoms with E-state index in [1.165, 1.54) is 16.7 Å². The van der Waals surface area contributed by atoms with Gasteiger partial charge in [-0.25, -0.2) is 10.2 Å². The molecule has 2 amide bonds. The van der Waals surface area contributed by atoms with Gasteiger partial charge in [0.2, 0.25) is 0 Å². The number of carbonyl (C=O) groups excluding carboxylic acids is 2. The Hall–Kier alpha value is -3.10. The van der Waals surface area contributed by atoms with Crippen molar-refractivity contribution in [2.75, 3.05) is 6.61 Å². The van der Waals surface area contributed by atoms with E-state index in [2.05, 4.69) is 20.6 Å². The summed E-state index contributed by atoms with van der Waals surface area (Å²) in [6, 6.07) is 4.45. The molecule has 0 spiro atoms. The molecule has 1 heterocycles. The van der Waals surface area contributed by atoms with Gasteiger partial charge in [-0.05, 0) is 32.0 Å². The summed E-state index contributed by atoms with van der Waals surface area (Å²) in [6.07, 6.45) is -0.783. The lowest BCUT2D eigenvalue weighted by Crippen LogP contribution is -2.42. The molecule has 0 radical (unpaired) electrons. The molecule has 0 aliphatic heterocycles. The summed E-state index contributed by atoms with van der Waals surface area (Å²) in [5.41, 5.74) is 3.90. The van der Waals surface area contributed by atoms with E-state index >= 15 is 0 Å². The first-order valence-electron chi connectivity index (χ1n) is 6.97. The van der Waals surface area contributed by atoms with Gasteiger partial charge in [0.05, 0.1) is 17.6 Å². The van der Waals surface area contributed by atoms with Gasteiger partial charge in [0.25, 0.3) is 5.91 Å². The van der Waals surface area contributed by atoms with Gasteiger partial charge in [-0.1, -0.05) is 0 Å². The molecule has 9 nitrogen and oxygen atoms in total. The quantitative estimate of drug-likeness (QED) is 0.547. The minimum atomic E-state index is -0.783. The predicted octanol–water partition coefficient (Wildman–Crippen LogP) is 0.101. The highest BCUT2D eigenvalue weighted by Crippen LogP contribution is 2.11. The number of aryl methyl sites for hydroxylation is 1. The minimum Gasteiger partial charge on any atom is -0.449 e. The van der Waals surface area contributed by atoms with E-state index in [1.54, 1.807) is 19.9 Å². The molecule has 0 unspecified atom stereocenters. The monoisotopic (exact) mass is 320 g/mol. The normalized spacial score (nSPS) is 10.3. The van der Waals surface area contributed by atoms with Crippen molar-refractivity contribution in [3.05, 3.63) is 44.5 Å². The van der Waals surface area contributed by atoms with E-state index in [-0.39, 0.29) is 12.2 Å². The Morgan fingerprint density at radius 3 is 2.61 bits per heavy atom. The molecule has 0 atom stereocenters. The highest BCUT2D eigenvalue weighted by Gasteiger charge is 2.11. The van der Waals surface area contributed by atoms with Gasteiger partial charge in [0, 0.05) is 12.1 Å². The summed E-state index contributed by atoms with van der Waals surface area (Å²) in [4.78, 5) is 48.9. The highest BCUT2D eigenvalue weighted by atomic mass is 16.5. The SMILES string of the molecule is CCOC(=O)NNC(=O)c1ccc2c(c1)[nH]c(=O)c(=O)n2CC. The van der Waals surface area contributed by atoms with Crippen LogP contribution in [0.1, 0.15) is 24.2 Å². The lowest BCUT2D eigenvalue weighted by molar-refractivity contribution is 0.0913. The van der Waals surface area contributed by atoms with Crippen LogP contribution in [-0.2, 0) is 11.3 Å². The number of hydrogen-bond acceptors (Lipinski definition) is 5. The van der Waals surface area contributed by atoms with Crippen molar-refractivity contribution in [2.24, 2.45) is 0 Å². The fraction of sp³-hybridized carbons (Fsp3) is 0.286. The number of carbonyl (C=O) groups is 2. The van der Waals surface area contributed by atoms with Crippen LogP contribution in [0.3, 0.4) is 0 Å². The number of benzene rings is 1. The topological polar surface area (TPSA) is 122 Å². The van der Waals surface area contributed by atoms with Crippen molar-refractivity contribution >= 4 is 23.0 Å². The van der Waals surface area contributed by atoms with Crippen LogP contribution < -0.4 is 22.0 Å². The van der Waals surface area contributed by atoms with Gasteiger partial charge in [-0.15, -0.1) is 0 Å². The molecule has 9 heteroatoms. The number of amides is 2. The van der Waals surface area contributed by atoms with Crippen LogP contribution in [0.15, 0.2) is 27.8 Å². The third kappa shape index (κ3) is 3.39. The van der Waals surface area contributed by atoms with Gasteiger partial charge in [-0.2, -0.15) is 0 Å². The summed E-state index contributed by atoms with van der Waals surface area (Å²) < 4.78 is 5.92. The standard InChI is InChI=1S/C14H16N4O5/c1-3-18-10-6-5-8(7-9(10)15-12(20)13(18)21)11(19)16-17-14(22)23-4-2/h5-7H,3-4H2,1-2H3,(H,15,20)(H,16,19)(H,17,22). The van der Waals surface area contributed by atoms with E-state index in [9.17, 15) is 19.2 Å².